The summed E-state index contributed by atoms with van der Waals surface area (Å²) < 4.78 is 0. The number of hydrogen-bond acceptors (Lipinski definition) is 3. The van der Waals surface area contributed by atoms with Gasteiger partial charge in [0.25, 0.3) is 0 Å². The van der Waals surface area contributed by atoms with Gasteiger partial charge in [0.05, 0.1) is 17.2 Å². The third-order valence-electron chi connectivity index (χ3n) is 3.80. The highest BCUT2D eigenvalue weighted by Crippen LogP contribution is 2.31. The number of aromatic nitrogens is 1. The van der Waals surface area contributed by atoms with Gasteiger partial charge in [-0.3, -0.25) is 14.6 Å². The number of carbonyl (C=O) groups excluding carboxylic acids is 1. The molecule has 1 aromatic rings. The fourth-order valence-corrected chi connectivity index (χ4v) is 1.86. The maximum Gasteiger partial charge on any atom is 0.310 e. The first-order valence-corrected chi connectivity index (χ1v) is 6.71. The van der Waals surface area contributed by atoms with E-state index >= 15 is 0 Å². The van der Waals surface area contributed by atoms with Crippen LogP contribution in [0.25, 0.3) is 0 Å². The van der Waals surface area contributed by atoms with E-state index in [0.717, 1.165) is 5.69 Å². The second kappa shape index (κ2) is 6.50. The number of aliphatic carboxylic acids is 1. The molecule has 1 amide bonds. The van der Waals surface area contributed by atoms with Gasteiger partial charge in [-0.05, 0) is 31.9 Å². The first kappa shape index (κ1) is 16.1. The molecule has 0 radical (unpaired) electrons. The van der Waals surface area contributed by atoms with Crippen LogP contribution in [0.4, 0.5) is 0 Å². The van der Waals surface area contributed by atoms with Crippen molar-refractivity contribution >= 4 is 11.9 Å². The van der Waals surface area contributed by atoms with Gasteiger partial charge in [0, 0.05) is 12.6 Å². The molecule has 0 aliphatic rings. The van der Waals surface area contributed by atoms with Crippen molar-refractivity contribution in [3.05, 3.63) is 30.1 Å². The number of nitrogens with zero attached hydrogens (tertiary/aromatic N) is 1. The highest BCUT2D eigenvalue weighted by Gasteiger charge is 2.39. The summed E-state index contributed by atoms with van der Waals surface area (Å²) in [7, 11) is 0. The van der Waals surface area contributed by atoms with Crippen LogP contribution in [0.3, 0.4) is 0 Å². The molecule has 5 heteroatoms. The second-order valence-electron chi connectivity index (χ2n) is 5.60. The number of pyridine rings is 1. The zero-order valence-corrected chi connectivity index (χ0v) is 12.4. The third-order valence-corrected chi connectivity index (χ3v) is 3.80. The molecule has 1 heterocycles. The Kier molecular flexibility index (Phi) is 5.25. The van der Waals surface area contributed by atoms with Gasteiger partial charge in [0.1, 0.15) is 0 Å². The van der Waals surface area contributed by atoms with Gasteiger partial charge in [-0.25, -0.2) is 0 Å². The van der Waals surface area contributed by atoms with E-state index in [-0.39, 0.29) is 24.3 Å². The number of rotatable bonds is 6. The van der Waals surface area contributed by atoms with E-state index in [1.54, 1.807) is 19.2 Å². The van der Waals surface area contributed by atoms with E-state index < -0.39 is 11.4 Å². The Morgan fingerprint density at radius 3 is 2.45 bits per heavy atom. The van der Waals surface area contributed by atoms with E-state index in [1.165, 1.54) is 0 Å². The van der Waals surface area contributed by atoms with Crippen LogP contribution in [0, 0.1) is 11.3 Å². The van der Waals surface area contributed by atoms with Gasteiger partial charge in [-0.1, -0.05) is 19.9 Å². The molecule has 2 N–H and O–H groups in total. The minimum atomic E-state index is -1.06. The van der Waals surface area contributed by atoms with Crippen LogP contribution in [-0.2, 0) is 9.59 Å². The first-order valence-electron chi connectivity index (χ1n) is 6.71. The highest BCUT2D eigenvalue weighted by atomic mass is 16.4. The lowest BCUT2D eigenvalue weighted by Gasteiger charge is -2.28. The Balaban J connectivity index is 2.70. The number of hydrogen-bond donors (Lipinski definition) is 2. The zero-order valence-electron chi connectivity index (χ0n) is 12.4. The molecule has 0 bridgehead atoms. The molecule has 0 aliphatic carbocycles. The predicted molar refractivity (Wildman–Crippen MR) is 76.0 cm³/mol. The minimum Gasteiger partial charge on any atom is -0.481 e. The van der Waals surface area contributed by atoms with Crippen LogP contribution in [0.1, 0.15) is 45.9 Å². The van der Waals surface area contributed by atoms with Crippen LogP contribution in [0.15, 0.2) is 24.4 Å². The summed E-state index contributed by atoms with van der Waals surface area (Å²) in [6.45, 7) is 7.05. The van der Waals surface area contributed by atoms with E-state index in [4.69, 9.17) is 0 Å². The Labute approximate surface area is 119 Å². The average molecular weight is 278 g/mol. The Morgan fingerprint density at radius 1 is 1.35 bits per heavy atom. The van der Waals surface area contributed by atoms with Crippen molar-refractivity contribution in [1.82, 2.24) is 10.3 Å². The Hall–Kier alpha value is -1.91. The molecule has 0 aromatic carbocycles. The SMILES string of the molecule is CC(C)C(C)(CC(=O)N[C@@H](C)c1ccccn1)C(=O)O. The quantitative estimate of drug-likeness (QED) is 0.837. The van der Waals surface area contributed by atoms with Gasteiger partial charge in [0.2, 0.25) is 5.91 Å². The van der Waals surface area contributed by atoms with Crippen LogP contribution >= 0.6 is 0 Å². The summed E-state index contributed by atoms with van der Waals surface area (Å²) in [5.74, 6) is -1.36. The van der Waals surface area contributed by atoms with Gasteiger partial charge in [-0.2, -0.15) is 0 Å². The second-order valence-corrected chi connectivity index (χ2v) is 5.60. The summed E-state index contributed by atoms with van der Waals surface area (Å²) in [4.78, 5) is 27.6. The van der Waals surface area contributed by atoms with Gasteiger partial charge in [0.15, 0.2) is 0 Å². The molecule has 0 saturated heterocycles. The molecule has 0 spiro atoms. The van der Waals surface area contributed by atoms with Gasteiger partial charge in [-0.15, -0.1) is 0 Å². The van der Waals surface area contributed by atoms with Gasteiger partial charge < -0.3 is 10.4 Å². The molecular formula is C15H22N2O3. The van der Waals surface area contributed by atoms with Crippen molar-refractivity contribution in [3.8, 4) is 0 Å². The van der Waals surface area contributed by atoms with Gasteiger partial charge >= 0.3 is 5.97 Å². The summed E-state index contributed by atoms with van der Waals surface area (Å²) in [5.41, 5.74) is -0.309. The summed E-state index contributed by atoms with van der Waals surface area (Å²) >= 11 is 0. The van der Waals surface area contributed by atoms with Crippen molar-refractivity contribution in [1.29, 1.82) is 0 Å². The van der Waals surface area contributed by atoms with E-state index in [0.29, 0.717) is 0 Å². The van der Waals surface area contributed by atoms with E-state index in [9.17, 15) is 14.7 Å². The van der Waals surface area contributed by atoms with Crippen molar-refractivity contribution in [2.45, 2.75) is 40.2 Å². The molecule has 20 heavy (non-hydrogen) atoms. The molecule has 1 unspecified atom stereocenters. The maximum absolute atomic E-state index is 12.0. The number of carboxylic acid groups (broad SMARTS) is 1. The molecule has 1 aromatic heterocycles. The molecule has 0 aliphatic heterocycles. The molecule has 1 rings (SSSR count). The fourth-order valence-electron chi connectivity index (χ4n) is 1.86. The Morgan fingerprint density at radius 2 is 2.00 bits per heavy atom. The molecule has 5 nitrogen and oxygen atoms in total. The number of amides is 1. The highest BCUT2D eigenvalue weighted by molar-refractivity contribution is 5.85. The van der Waals surface area contributed by atoms with E-state index in [2.05, 4.69) is 10.3 Å². The fraction of sp³-hybridized carbons (Fsp3) is 0.533. The summed E-state index contributed by atoms with van der Waals surface area (Å²) in [6, 6.07) is 5.23. The normalized spacial score (nSPS) is 15.4. The third kappa shape index (κ3) is 3.79. The topological polar surface area (TPSA) is 79.3 Å². The maximum atomic E-state index is 12.0. The zero-order chi connectivity index (χ0) is 15.3. The number of carboxylic acids is 1. The van der Waals surface area contributed by atoms with E-state index in [1.807, 2.05) is 32.9 Å². The molecule has 2 atom stereocenters. The summed E-state index contributed by atoms with van der Waals surface area (Å²) in [6.07, 6.45) is 1.62. The molecule has 110 valence electrons. The van der Waals surface area contributed by atoms with Crippen molar-refractivity contribution in [3.63, 3.8) is 0 Å². The molecular weight excluding hydrogens is 256 g/mol. The average Bonchev–Trinajstić information content (AvgIpc) is 2.38. The first-order chi connectivity index (χ1) is 9.27. The Bertz CT molecular complexity index is 473. The number of nitrogens with one attached hydrogen (secondary N) is 1. The monoisotopic (exact) mass is 278 g/mol. The van der Waals surface area contributed by atoms with Crippen LogP contribution in [0.5, 0.6) is 0 Å². The standard InChI is InChI=1S/C15H22N2O3/c1-10(2)15(4,14(19)20)9-13(18)17-11(3)12-7-5-6-8-16-12/h5-8,10-11H,9H2,1-4H3,(H,17,18)(H,19,20)/t11-,15?/m0/s1. The lowest BCUT2D eigenvalue weighted by Crippen LogP contribution is -2.39. The molecule has 0 saturated carbocycles. The summed E-state index contributed by atoms with van der Waals surface area (Å²) in [5, 5.41) is 12.1. The van der Waals surface area contributed by atoms with Crippen LogP contribution < -0.4 is 5.32 Å². The lowest BCUT2D eigenvalue weighted by molar-refractivity contribution is -0.153. The largest absolute Gasteiger partial charge is 0.481 e. The van der Waals surface area contributed by atoms with Crippen molar-refractivity contribution < 1.29 is 14.7 Å². The molecule has 0 fully saturated rings. The smallest absolute Gasteiger partial charge is 0.310 e. The van der Waals surface area contributed by atoms with Crippen LogP contribution in [0.2, 0.25) is 0 Å². The van der Waals surface area contributed by atoms with Crippen molar-refractivity contribution in [2.24, 2.45) is 11.3 Å². The van der Waals surface area contributed by atoms with Crippen LogP contribution in [-0.4, -0.2) is 22.0 Å². The number of carbonyl (C=O) groups is 2. The lowest BCUT2D eigenvalue weighted by atomic mass is 9.76. The minimum absolute atomic E-state index is 0.0445. The van der Waals surface area contributed by atoms with Crippen molar-refractivity contribution in [2.75, 3.05) is 0 Å². The predicted octanol–water partition coefficient (Wildman–Crippen LogP) is 2.40.